The first kappa shape index (κ1) is 14.7. The molecule has 0 N–H and O–H groups in total. The van der Waals surface area contributed by atoms with Gasteiger partial charge in [0.15, 0.2) is 5.78 Å². The maximum Gasteiger partial charge on any atom is 0.416 e. The van der Waals surface area contributed by atoms with Gasteiger partial charge in [-0.1, -0.05) is 0 Å². The van der Waals surface area contributed by atoms with Crippen LogP contribution in [0, 0.1) is 11.7 Å². The fourth-order valence-corrected chi connectivity index (χ4v) is 2.38. The fraction of sp³-hybridized carbons (Fsp3) is 0.429. The molecule has 0 bridgehead atoms. The van der Waals surface area contributed by atoms with Gasteiger partial charge in [-0.3, -0.25) is 9.59 Å². The molecule has 20 heavy (non-hydrogen) atoms. The van der Waals surface area contributed by atoms with Gasteiger partial charge in [-0.2, -0.15) is 13.2 Å². The van der Waals surface area contributed by atoms with Gasteiger partial charge in [0, 0.05) is 24.3 Å². The Balaban J connectivity index is 2.30. The molecule has 0 spiro atoms. The third-order valence-corrected chi connectivity index (χ3v) is 3.36. The summed E-state index contributed by atoms with van der Waals surface area (Å²) in [6, 6.07) is 1.78. The zero-order chi connectivity index (χ0) is 14.9. The zero-order valence-corrected chi connectivity index (χ0v) is 10.5. The van der Waals surface area contributed by atoms with E-state index in [1.165, 1.54) is 0 Å². The van der Waals surface area contributed by atoms with Crippen LogP contribution in [0.4, 0.5) is 17.6 Å². The average molecular weight is 288 g/mol. The van der Waals surface area contributed by atoms with Crippen LogP contribution < -0.4 is 0 Å². The van der Waals surface area contributed by atoms with Crippen LogP contribution in [0.15, 0.2) is 18.2 Å². The topological polar surface area (TPSA) is 34.1 Å². The summed E-state index contributed by atoms with van der Waals surface area (Å²) < 4.78 is 51.0. The number of carbonyl (C=O) groups is 2. The van der Waals surface area contributed by atoms with E-state index >= 15 is 0 Å². The number of hydrogen-bond acceptors (Lipinski definition) is 2. The van der Waals surface area contributed by atoms with Crippen molar-refractivity contribution in [1.29, 1.82) is 0 Å². The number of ketones is 2. The van der Waals surface area contributed by atoms with Crippen molar-refractivity contribution in [3.8, 4) is 0 Å². The monoisotopic (exact) mass is 288 g/mol. The molecule has 2 rings (SSSR count). The number of rotatable bonds is 2. The highest BCUT2D eigenvalue weighted by Crippen LogP contribution is 2.32. The van der Waals surface area contributed by atoms with Gasteiger partial charge in [0.1, 0.15) is 11.6 Å². The Kier molecular flexibility index (Phi) is 3.92. The second-order valence-corrected chi connectivity index (χ2v) is 4.92. The van der Waals surface area contributed by atoms with Crippen molar-refractivity contribution in [2.75, 3.05) is 0 Å². The predicted molar refractivity (Wildman–Crippen MR) is 62.7 cm³/mol. The Bertz CT molecular complexity index is 549. The van der Waals surface area contributed by atoms with Crippen LogP contribution in [0.5, 0.6) is 0 Å². The Morgan fingerprint density at radius 3 is 2.50 bits per heavy atom. The van der Waals surface area contributed by atoms with E-state index in [4.69, 9.17) is 0 Å². The van der Waals surface area contributed by atoms with Crippen molar-refractivity contribution < 1.29 is 27.2 Å². The Morgan fingerprint density at radius 2 is 1.90 bits per heavy atom. The maximum absolute atomic E-state index is 13.2. The third-order valence-electron chi connectivity index (χ3n) is 3.36. The van der Waals surface area contributed by atoms with Gasteiger partial charge in [-0.25, -0.2) is 4.39 Å². The van der Waals surface area contributed by atoms with Gasteiger partial charge >= 0.3 is 6.18 Å². The maximum atomic E-state index is 13.2. The van der Waals surface area contributed by atoms with Crippen LogP contribution in [0.2, 0.25) is 0 Å². The normalized spacial score (nSPS) is 20.0. The van der Waals surface area contributed by atoms with Crippen LogP contribution in [-0.4, -0.2) is 11.6 Å². The molecule has 1 saturated carbocycles. The Morgan fingerprint density at radius 1 is 1.20 bits per heavy atom. The van der Waals surface area contributed by atoms with Crippen LogP contribution in [-0.2, 0) is 11.0 Å². The summed E-state index contributed by atoms with van der Waals surface area (Å²) in [5.74, 6) is -2.42. The predicted octanol–water partition coefficient (Wildman–Crippen LogP) is 3.79. The average Bonchev–Trinajstić information content (AvgIpc) is 2.36. The van der Waals surface area contributed by atoms with Crippen LogP contribution in [0.1, 0.15) is 41.6 Å². The minimum absolute atomic E-state index is 0.0245. The molecule has 0 heterocycles. The summed E-state index contributed by atoms with van der Waals surface area (Å²) in [7, 11) is 0. The standard InChI is InChI=1S/C14H12F4O2/c15-11-5-9(4-10(7-11)14(16,17)18)13(20)8-2-1-3-12(19)6-8/h4-5,7-8H,1-3,6H2. The number of Topliss-reactive ketones (excluding diaryl/α,β-unsaturated/α-hetero) is 2. The lowest BCUT2D eigenvalue weighted by atomic mass is 9.83. The minimum Gasteiger partial charge on any atom is -0.300 e. The largest absolute Gasteiger partial charge is 0.416 e. The zero-order valence-electron chi connectivity index (χ0n) is 10.5. The molecule has 1 aromatic rings. The van der Waals surface area contributed by atoms with Crippen molar-refractivity contribution in [3.05, 3.63) is 35.1 Å². The molecule has 1 fully saturated rings. The summed E-state index contributed by atoms with van der Waals surface area (Å²) in [6.07, 6.45) is -3.31. The highest BCUT2D eigenvalue weighted by molar-refractivity contribution is 6.00. The number of halogens is 4. The van der Waals surface area contributed by atoms with Gasteiger partial charge < -0.3 is 0 Å². The quantitative estimate of drug-likeness (QED) is 0.613. The molecular formula is C14H12F4O2. The summed E-state index contributed by atoms with van der Waals surface area (Å²) >= 11 is 0. The van der Waals surface area contributed by atoms with E-state index in [9.17, 15) is 27.2 Å². The molecule has 0 saturated heterocycles. The first-order valence-corrected chi connectivity index (χ1v) is 6.21. The molecule has 0 aromatic heterocycles. The Hall–Kier alpha value is -1.72. The van der Waals surface area contributed by atoms with E-state index in [2.05, 4.69) is 0 Å². The second kappa shape index (κ2) is 5.34. The molecule has 0 radical (unpaired) electrons. The van der Waals surface area contributed by atoms with Gasteiger partial charge in [0.05, 0.1) is 5.56 Å². The van der Waals surface area contributed by atoms with Crippen molar-refractivity contribution >= 4 is 11.6 Å². The lowest BCUT2D eigenvalue weighted by molar-refractivity contribution is -0.137. The first-order valence-electron chi connectivity index (χ1n) is 6.21. The molecule has 108 valence electrons. The second-order valence-electron chi connectivity index (χ2n) is 4.92. The molecule has 6 heteroatoms. The van der Waals surface area contributed by atoms with Crippen LogP contribution in [0.3, 0.4) is 0 Å². The van der Waals surface area contributed by atoms with E-state index in [-0.39, 0.29) is 17.8 Å². The van der Waals surface area contributed by atoms with E-state index in [1.807, 2.05) is 0 Å². The Labute approximate surface area is 112 Å². The van der Waals surface area contributed by atoms with Crippen molar-refractivity contribution in [3.63, 3.8) is 0 Å². The number of carbonyl (C=O) groups excluding carboxylic acids is 2. The molecule has 0 amide bonds. The van der Waals surface area contributed by atoms with Crippen molar-refractivity contribution in [2.45, 2.75) is 31.9 Å². The molecule has 0 aliphatic heterocycles. The summed E-state index contributed by atoms with van der Waals surface area (Å²) in [5.41, 5.74) is -1.51. The molecule has 1 aliphatic carbocycles. The van der Waals surface area contributed by atoms with E-state index < -0.39 is 29.3 Å². The third kappa shape index (κ3) is 3.23. The van der Waals surface area contributed by atoms with Crippen LogP contribution in [0.25, 0.3) is 0 Å². The smallest absolute Gasteiger partial charge is 0.300 e. The van der Waals surface area contributed by atoms with Crippen molar-refractivity contribution in [1.82, 2.24) is 0 Å². The highest BCUT2D eigenvalue weighted by Gasteiger charge is 2.33. The molecule has 2 nitrogen and oxygen atoms in total. The van der Waals surface area contributed by atoms with Gasteiger partial charge in [-0.05, 0) is 31.0 Å². The van der Waals surface area contributed by atoms with E-state index in [0.29, 0.717) is 31.4 Å². The molecule has 1 atom stereocenters. The minimum atomic E-state index is -4.71. The van der Waals surface area contributed by atoms with E-state index in [0.717, 1.165) is 6.07 Å². The fourth-order valence-electron chi connectivity index (χ4n) is 2.38. The number of alkyl halides is 3. The first-order chi connectivity index (χ1) is 9.27. The van der Waals surface area contributed by atoms with E-state index in [1.54, 1.807) is 0 Å². The highest BCUT2D eigenvalue weighted by atomic mass is 19.4. The van der Waals surface area contributed by atoms with Crippen LogP contribution >= 0.6 is 0 Å². The molecule has 1 unspecified atom stereocenters. The summed E-state index contributed by atoms with van der Waals surface area (Å²) in [5, 5.41) is 0. The molecular weight excluding hydrogens is 276 g/mol. The summed E-state index contributed by atoms with van der Waals surface area (Å²) in [6.45, 7) is 0. The van der Waals surface area contributed by atoms with Gasteiger partial charge in [0.25, 0.3) is 0 Å². The lowest BCUT2D eigenvalue weighted by Crippen LogP contribution is -2.23. The van der Waals surface area contributed by atoms with Crippen molar-refractivity contribution in [2.24, 2.45) is 5.92 Å². The SMILES string of the molecule is O=C1CCCC(C(=O)c2cc(F)cc(C(F)(F)F)c2)C1. The summed E-state index contributed by atoms with van der Waals surface area (Å²) in [4.78, 5) is 23.4. The van der Waals surface area contributed by atoms with Gasteiger partial charge in [0.2, 0.25) is 0 Å². The number of benzene rings is 1. The molecule has 1 aliphatic rings. The lowest BCUT2D eigenvalue weighted by Gasteiger charge is -2.20. The van der Waals surface area contributed by atoms with Gasteiger partial charge in [-0.15, -0.1) is 0 Å². The molecule has 1 aromatic carbocycles. The number of hydrogen-bond donors (Lipinski definition) is 0.